The van der Waals surface area contributed by atoms with Crippen LogP contribution in [0.25, 0.3) is 22.0 Å². The molecule has 4 N–H and O–H groups in total. The zero-order chi connectivity index (χ0) is 20.5. The average molecular weight is 453 g/mol. The molecule has 0 bridgehead atoms. The molecule has 0 radical (unpaired) electrons. The van der Waals surface area contributed by atoms with Crippen LogP contribution >= 0.6 is 15.9 Å². The topological polar surface area (TPSA) is 101 Å². The summed E-state index contributed by atoms with van der Waals surface area (Å²) in [5, 5.41) is 12.9. The van der Waals surface area contributed by atoms with Crippen LogP contribution in [0.1, 0.15) is 10.4 Å². The molecule has 0 saturated carbocycles. The third-order valence-corrected chi connectivity index (χ3v) is 4.83. The molecule has 0 aliphatic heterocycles. The third kappa shape index (κ3) is 3.88. The van der Waals surface area contributed by atoms with Crippen LogP contribution in [-0.2, 0) is 0 Å². The number of carboxylic acids is 1. The Hall–Kier alpha value is -3.52. The second-order valence-electron chi connectivity index (χ2n) is 6.30. The lowest BCUT2D eigenvalue weighted by Crippen LogP contribution is -2.02. The van der Waals surface area contributed by atoms with Gasteiger partial charge < -0.3 is 16.2 Å². The highest BCUT2D eigenvalue weighted by atomic mass is 79.9. The van der Waals surface area contributed by atoms with Gasteiger partial charge in [0.15, 0.2) is 0 Å². The Morgan fingerprint density at radius 1 is 1.03 bits per heavy atom. The van der Waals surface area contributed by atoms with Crippen molar-refractivity contribution in [1.29, 1.82) is 0 Å². The van der Waals surface area contributed by atoms with E-state index in [2.05, 4.69) is 31.2 Å². The van der Waals surface area contributed by atoms with E-state index >= 15 is 0 Å². The molecule has 4 rings (SSSR count). The van der Waals surface area contributed by atoms with Gasteiger partial charge in [-0.3, -0.25) is 0 Å². The highest BCUT2D eigenvalue weighted by molar-refractivity contribution is 9.10. The number of hydrogen-bond donors (Lipinski definition) is 3. The Bertz CT molecular complexity index is 1260. The van der Waals surface area contributed by atoms with Gasteiger partial charge in [0.25, 0.3) is 0 Å². The number of nitrogens with zero attached hydrogens (tertiary/aromatic N) is 2. The molecule has 29 heavy (non-hydrogen) atoms. The zero-order valence-electron chi connectivity index (χ0n) is 14.9. The summed E-state index contributed by atoms with van der Waals surface area (Å²) >= 11 is 3.43. The van der Waals surface area contributed by atoms with Gasteiger partial charge in [-0.05, 0) is 53.6 Å². The van der Waals surface area contributed by atoms with Gasteiger partial charge in [0, 0.05) is 15.5 Å². The highest BCUT2D eigenvalue weighted by Crippen LogP contribution is 2.31. The monoisotopic (exact) mass is 452 g/mol. The number of nitrogens with one attached hydrogen (secondary N) is 1. The summed E-state index contributed by atoms with van der Waals surface area (Å²) in [6, 6.07) is 16.9. The number of carboxylic acid groups (broad SMARTS) is 1. The number of aromatic carboxylic acids is 1. The molecule has 0 spiro atoms. The summed E-state index contributed by atoms with van der Waals surface area (Å²) in [4.78, 5) is 19.6. The number of rotatable bonds is 4. The van der Waals surface area contributed by atoms with Crippen molar-refractivity contribution in [3.05, 3.63) is 76.5 Å². The fourth-order valence-corrected chi connectivity index (χ4v) is 3.39. The van der Waals surface area contributed by atoms with Crippen molar-refractivity contribution in [3.63, 3.8) is 0 Å². The van der Waals surface area contributed by atoms with Gasteiger partial charge in [0.05, 0.1) is 11.1 Å². The van der Waals surface area contributed by atoms with Gasteiger partial charge in [0.1, 0.15) is 11.6 Å². The van der Waals surface area contributed by atoms with E-state index in [-0.39, 0.29) is 11.5 Å². The summed E-state index contributed by atoms with van der Waals surface area (Å²) < 4.78 is 15.0. The van der Waals surface area contributed by atoms with Crippen molar-refractivity contribution in [1.82, 2.24) is 9.97 Å². The summed E-state index contributed by atoms with van der Waals surface area (Å²) in [7, 11) is 0. The average Bonchev–Trinajstić information content (AvgIpc) is 2.67. The third-order valence-electron chi connectivity index (χ3n) is 4.33. The lowest BCUT2D eigenvalue weighted by Gasteiger charge is -2.11. The van der Waals surface area contributed by atoms with Gasteiger partial charge in [0.2, 0.25) is 5.95 Å². The van der Waals surface area contributed by atoms with Crippen LogP contribution in [0.2, 0.25) is 0 Å². The second-order valence-corrected chi connectivity index (χ2v) is 7.21. The molecule has 0 fully saturated rings. The van der Waals surface area contributed by atoms with Crippen molar-refractivity contribution in [2.45, 2.75) is 0 Å². The lowest BCUT2D eigenvalue weighted by atomic mass is 10.0. The van der Waals surface area contributed by atoms with E-state index in [1.807, 2.05) is 30.3 Å². The van der Waals surface area contributed by atoms with Crippen LogP contribution in [0.3, 0.4) is 0 Å². The molecule has 0 aliphatic carbocycles. The van der Waals surface area contributed by atoms with Gasteiger partial charge in [-0.25, -0.2) is 14.2 Å². The summed E-state index contributed by atoms with van der Waals surface area (Å²) in [5.74, 6) is -1.47. The van der Waals surface area contributed by atoms with Crippen molar-refractivity contribution in [3.8, 4) is 11.1 Å². The first-order valence-corrected chi connectivity index (χ1v) is 9.33. The molecule has 6 nitrogen and oxygen atoms in total. The van der Waals surface area contributed by atoms with Gasteiger partial charge in [-0.1, -0.05) is 34.1 Å². The Labute approximate surface area is 173 Å². The van der Waals surface area contributed by atoms with Crippen LogP contribution in [0, 0.1) is 5.82 Å². The Morgan fingerprint density at radius 3 is 2.52 bits per heavy atom. The molecular formula is C21H14BrFN4O2. The molecular weight excluding hydrogens is 439 g/mol. The predicted octanol–water partition coefficient (Wildman–Crippen LogP) is 5.22. The quantitative estimate of drug-likeness (QED) is 0.392. The summed E-state index contributed by atoms with van der Waals surface area (Å²) in [6.07, 6.45) is 0. The van der Waals surface area contributed by atoms with E-state index in [9.17, 15) is 9.18 Å². The van der Waals surface area contributed by atoms with Crippen LogP contribution in [0.15, 0.2) is 65.1 Å². The smallest absolute Gasteiger partial charge is 0.338 e. The number of anilines is 3. The fourth-order valence-electron chi connectivity index (χ4n) is 2.99. The molecule has 0 saturated heterocycles. The molecule has 1 aromatic heterocycles. The van der Waals surface area contributed by atoms with Crippen molar-refractivity contribution >= 4 is 50.3 Å². The van der Waals surface area contributed by atoms with Crippen molar-refractivity contribution in [2.24, 2.45) is 0 Å². The molecule has 144 valence electrons. The van der Waals surface area contributed by atoms with E-state index in [0.717, 1.165) is 10.2 Å². The Kier molecular flexibility index (Phi) is 4.85. The molecule has 0 atom stereocenters. The minimum atomic E-state index is -1.31. The minimum Gasteiger partial charge on any atom is -0.478 e. The maximum atomic E-state index is 14.1. The van der Waals surface area contributed by atoms with E-state index in [1.165, 1.54) is 12.1 Å². The first-order valence-electron chi connectivity index (χ1n) is 8.54. The SMILES string of the molecule is Nc1nc(Nc2cccc(Br)c2)c2cc(-c3ccc(C(=O)O)c(F)c3)ccc2n1. The lowest BCUT2D eigenvalue weighted by molar-refractivity contribution is 0.0692. The molecule has 8 heteroatoms. The van der Waals surface area contributed by atoms with Crippen LogP contribution in [0.4, 0.5) is 21.8 Å². The maximum absolute atomic E-state index is 14.1. The van der Waals surface area contributed by atoms with Crippen LogP contribution < -0.4 is 11.1 Å². The number of nitrogens with two attached hydrogens (primary N) is 1. The first-order chi connectivity index (χ1) is 13.9. The molecule has 1 heterocycles. The van der Waals surface area contributed by atoms with Crippen molar-refractivity contribution in [2.75, 3.05) is 11.1 Å². The van der Waals surface area contributed by atoms with Crippen LogP contribution in [0.5, 0.6) is 0 Å². The number of hydrogen-bond acceptors (Lipinski definition) is 5. The number of nitrogen functional groups attached to an aromatic ring is 1. The normalized spacial score (nSPS) is 10.8. The molecule has 3 aromatic carbocycles. The van der Waals surface area contributed by atoms with E-state index in [4.69, 9.17) is 10.8 Å². The predicted molar refractivity (Wildman–Crippen MR) is 114 cm³/mol. The molecule has 0 amide bonds. The fraction of sp³-hybridized carbons (Fsp3) is 0. The summed E-state index contributed by atoms with van der Waals surface area (Å²) in [5.41, 5.74) is 8.14. The largest absolute Gasteiger partial charge is 0.478 e. The number of benzene rings is 3. The van der Waals surface area contributed by atoms with Gasteiger partial charge >= 0.3 is 5.97 Å². The highest BCUT2D eigenvalue weighted by Gasteiger charge is 2.13. The van der Waals surface area contributed by atoms with E-state index in [0.29, 0.717) is 27.8 Å². The Balaban J connectivity index is 1.81. The standard InChI is InChI=1S/C21H14BrFN4O2/c22-13-2-1-3-14(10-13)25-19-16-8-11(5-7-18(16)26-21(24)27-19)12-4-6-15(20(28)29)17(23)9-12/h1-10H,(H,28,29)(H3,24,25,26,27). The molecule has 0 unspecified atom stereocenters. The summed E-state index contributed by atoms with van der Waals surface area (Å²) in [6.45, 7) is 0. The zero-order valence-corrected chi connectivity index (χ0v) is 16.4. The number of aromatic nitrogens is 2. The number of carbonyl (C=O) groups is 1. The van der Waals surface area contributed by atoms with E-state index < -0.39 is 11.8 Å². The first kappa shape index (κ1) is 18.8. The van der Waals surface area contributed by atoms with Crippen molar-refractivity contribution < 1.29 is 14.3 Å². The van der Waals surface area contributed by atoms with E-state index in [1.54, 1.807) is 18.2 Å². The second kappa shape index (κ2) is 7.48. The molecule has 4 aromatic rings. The minimum absolute atomic E-state index is 0.125. The van der Waals surface area contributed by atoms with Gasteiger partial charge in [-0.15, -0.1) is 0 Å². The van der Waals surface area contributed by atoms with Gasteiger partial charge in [-0.2, -0.15) is 4.98 Å². The number of halogens is 2. The maximum Gasteiger partial charge on any atom is 0.338 e. The molecule has 0 aliphatic rings. The Morgan fingerprint density at radius 2 is 1.79 bits per heavy atom. The number of fused-ring (bicyclic) bond motifs is 1. The van der Waals surface area contributed by atoms with Crippen LogP contribution in [-0.4, -0.2) is 21.0 Å².